The number of hydrogen-bond acceptors (Lipinski definition) is 8. The van der Waals surface area contributed by atoms with Gasteiger partial charge in [-0.15, -0.1) is 0 Å². The summed E-state index contributed by atoms with van der Waals surface area (Å²) in [6, 6.07) is 4.54. The zero-order chi connectivity index (χ0) is 24.0. The van der Waals surface area contributed by atoms with Crippen molar-refractivity contribution in [1.82, 2.24) is 20.0 Å². The number of morpholine rings is 1. The highest BCUT2D eigenvalue weighted by atomic mass is 16.5. The van der Waals surface area contributed by atoms with E-state index in [1.54, 1.807) is 6.20 Å². The zero-order valence-corrected chi connectivity index (χ0v) is 20.5. The Labute approximate surface area is 206 Å². The van der Waals surface area contributed by atoms with E-state index in [0.29, 0.717) is 17.8 Å². The molecule has 3 aliphatic rings. The molecule has 1 saturated carbocycles. The van der Waals surface area contributed by atoms with Gasteiger partial charge in [0.15, 0.2) is 0 Å². The van der Waals surface area contributed by atoms with Crippen LogP contribution < -0.4 is 4.90 Å². The number of anilines is 1. The average Bonchev–Trinajstić information content (AvgIpc) is 3.34. The molecule has 2 aliphatic heterocycles. The van der Waals surface area contributed by atoms with Crippen LogP contribution in [0.2, 0.25) is 0 Å². The van der Waals surface area contributed by atoms with Crippen LogP contribution in [0.4, 0.5) is 5.82 Å². The Hall–Kier alpha value is -2.52. The number of aromatic nitrogens is 3. The molecule has 1 atom stereocenters. The zero-order valence-electron chi connectivity index (χ0n) is 20.5. The summed E-state index contributed by atoms with van der Waals surface area (Å²) in [5.41, 5.74) is 0.783. The van der Waals surface area contributed by atoms with Gasteiger partial charge >= 0.3 is 5.97 Å². The van der Waals surface area contributed by atoms with Gasteiger partial charge in [0.2, 0.25) is 11.7 Å². The maximum atomic E-state index is 11.5. The monoisotopic (exact) mass is 483 g/mol. The number of rotatable bonds is 10. The Morgan fingerprint density at radius 2 is 1.94 bits per heavy atom. The molecule has 0 amide bonds. The van der Waals surface area contributed by atoms with Crippen LogP contribution in [-0.4, -0.2) is 76.5 Å². The lowest BCUT2D eigenvalue weighted by molar-refractivity contribution is -0.137. The van der Waals surface area contributed by atoms with Gasteiger partial charge in [0.05, 0.1) is 19.6 Å². The number of carbonyl (C=O) groups is 1. The molecule has 5 rings (SSSR count). The second-order valence-electron chi connectivity index (χ2n) is 10.3. The van der Waals surface area contributed by atoms with Crippen LogP contribution in [0.5, 0.6) is 0 Å². The smallest absolute Gasteiger partial charge is 0.304 e. The Balaban J connectivity index is 1.16. The maximum absolute atomic E-state index is 11.5. The van der Waals surface area contributed by atoms with Gasteiger partial charge < -0.3 is 19.3 Å². The summed E-state index contributed by atoms with van der Waals surface area (Å²) in [6.45, 7) is 5.63. The molecule has 0 unspecified atom stereocenters. The van der Waals surface area contributed by atoms with Crippen molar-refractivity contribution in [1.29, 1.82) is 0 Å². The number of hydrogen-bond donors (Lipinski definition) is 1. The Kier molecular flexibility index (Phi) is 7.93. The summed E-state index contributed by atoms with van der Waals surface area (Å²) in [6.07, 6.45) is 11.3. The number of pyridine rings is 1. The van der Waals surface area contributed by atoms with Gasteiger partial charge in [-0.05, 0) is 24.5 Å². The summed E-state index contributed by atoms with van der Waals surface area (Å²) >= 11 is 0. The van der Waals surface area contributed by atoms with Crippen LogP contribution in [0.1, 0.15) is 69.6 Å². The number of nitrogens with zero attached hydrogens (tertiary/aromatic N) is 5. The minimum absolute atomic E-state index is 0.0166. The first-order valence-corrected chi connectivity index (χ1v) is 13.2. The molecule has 2 saturated heterocycles. The fourth-order valence-electron chi connectivity index (χ4n) is 5.69. The summed E-state index contributed by atoms with van der Waals surface area (Å²) in [4.78, 5) is 25.4. The summed E-state index contributed by atoms with van der Waals surface area (Å²) < 4.78 is 11.0. The van der Waals surface area contributed by atoms with Crippen molar-refractivity contribution >= 4 is 11.8 Å². The first kappa shape index (κ1) is 24.2. The molecule has 1 aliphatic carbocycles. The third kappa shape index (κ3) is 6.19. The summed E-state index contributed by atoms with van der Waals surface area (Å²) in [5.74, 6) is 1.55. The molecule has 9 nitrogen and oxygen atoms in total. The van der Waals surface area contributed by atoms with Gasteiger partial charge in [-0.2, -0.15) is 4.98 Å². The second-order valence-corrected chi connectivity index (χ2v) is 10.3. The molecular weight excluding hydrogens is 446 g/mol. The van der Waals surface area contributed by atoms with Crippen molar-refractivity contribution in [2.45, 2.75) is 69.7 Å². The van der Waals surface area contributed by atoms with Crippen molar-refractivity contribution in [2.75, 3.05) is 44.3 Å². The van der Waals surface area contributed by atoms with E-state index >= 15 is 0 Å². The summed E-state index contributed by atoms with van der Waals surface area (Å²) in [5, 5.41) is 13.6. The molecule has 35 heavy (non-hydrogen) atoms. The molecular formula is C26H37N5O4. The predicted octanol–water partition coefficient (Wildman–Crippen LogP) is 3.96. The highest BCUT2D eigenvalue weighted by Gasteiger charge is 2.33. The maximum Gasteiger partial charge on any atom is 0.304 e. The van der Waals surface area contributed by atoms with E-state index in [-0.39, 0.29) is 12.3 Å². The lowest BCUT2D eigenvalue weighted by Crippen LogP contribution is -2.61. The van der Waals surface area contributed by atoms with E-state index in [1.165, 1.54) is 32.1 Å². The van der Waals surface area contributed by atoms with Crippen molar-refractivity contribution in [3.05, 3.63) is 24.2 Å². The quantitative estimate of drug-likeness (QED) is 0.537. The third-order valence-corrected chi connectivity index (χ3v) is 7.86. The Bertz CT molecular complexity index is 947. The van der Waals surface area contributed by atoms with Crippen LogP contribution in [0, 0.1) is 5.92 Å². The van der Waals surface area contributed by atoms with Gasteiger partial charge in [0.25, 0.3) is 0 Å². The molecule has 0 spiro atoms. The third-order valence-electron chi connectivity index (χ3n) is 7.86. The van der Waals surface area contributed by atoms with E-state index in [2.05, 4.69) is 24.9 Å². The number of carboxylic acids is 1. The standard InChI is InChI=1S/C26H37N5O4/c32-24(33)15-20(8-4-7-19-5-2-1-3-6-19)26-28-25(29-35-26)21-9-10-23(27-16-21)31-17-22(18-31)30-11-13-34-14-12-30/h9-10,16,19-20,22H,1-8,11-15,17-18H2,(H,32,33)/t20-/m1/s1. The first-order chi connectivity index (χ1) is 17.2. The average molecular weight is 484 g/mol. The molecule has 4 heterocycles. The van der Waals surface area contributed by atoms with Crippen molar-refractivity contribution in [3.8, 4) is 11.4 Å². The van der Waals surface area contributed by atoms with Crippen LogP contribution in [-0.2, 0) is 9.53 Å². The predicted molar refractivity (Wildman–Crippen MR) is 131 cm³/mol. The molecule has 2 aromatic rings. The van der Waals surface area contributed by atoms with E-state index in [1.807, 2.05) is 12.1 Å². The fraction of sp³-hybridized carbons (Fsp3) is 0.692. The molecule has 3 fully saturated rings. The van der Waals surface area contributed by atoms with Gasteiger partial charge in [-0.1, -0.05) is 50.1 Å². The van der Waals surface area contributed by atoms with E-state index in [9.17, 15) is 9.90 Å². The Morgan fingerprint density at radius 1 is 1.14 bits per heavy atom. The molecule has 0 radical (unpaired) electrons. The van der Waals surface area contributed by atoms with Gasteiger partial charge in [-0.25, -0.2) is 4.98 Å². The first-order valence-electron chi connectivity index (χ1n) is 13.2. The topological polar surface area (TPSA) is 105 Å². The van der Waals surface area contributed by atoms with Crippen LogP contribution >= 0.6 is 0 Å². The Morgan fingerprint density at radius 3 is 2.66 bits per heavy atom. The normalized spacial score (nSPS) is 21.1. The van der Waals surface area contributed by atoms with E-state index in [0.717, 1.165) is 76.0 Å². The summed E-state index contributed by atoms with van der Waals surface area (Å²) in [7, 11) is 0. The highest BCUT2D eigenvalue weighted by molar-refractivity contribution is 5.67. The van der Waals surface area contributed by atoms with E-state index < -0.39 is 5.97 Å². The highest BCUT2D eigenvalue weighted by Crippen LogP contribution is 2.32. The fourth-order valence-corrected chi connectivity index (χ4v) is 5.69. The SMILES string of the molecule is O=C(O)C[C@@H](CCCC1CCCCC1)c1nc(-c2ccc(N3CC(N4CCOCC4)C3)nc2)no1. The molecule has 2 aromatic heterocycles. The minimum atomic E-state index is -0.830. The number of ether oxygens (including phenoxy) is 1. The number of carboxylic acid groups (broad SMARTS) is 1. The van der Waals surface area contributed by atoms with Crippen molar-refractivity contribution < 1.29 is 19.2 Å². The molecule has 0 aromatic carbocycles. The number of aliphatic carboxylic acids is 1. The van der Waals surface area contributed by atoms with Crippen LogP contribution in [0.15, 0.2) is 22.9 Å². The molecule has 0 bridgehead atoms. The molecule has 9 heteroatoms. The minimum Gasteiger partial charge on any atom is -0.481 e. The van der Waals surface area contributed by atoms with Gasteiger partial charge in [-0.3, -0.25) is 9.69 Å². The lowest BCUT2D eigenvalue weighted by Gasteiger charge is -2.47. The largest absolute Gasteiger partial charge is 0.481 e. The molecule has 190 valence electrons. The van der Waals surface area contributed by atoms with Gasteiger partial charge in [0, 0.05) is 49.9 Å². The van der Waals surface area contributed by atoms with Gasteiger partial charge in [0.1, 0.15) is 5.82 Å². The molecule has 1 N–H and O–H groups in total. The van der Waals surface area contributed by atoms with Crippen molar-refractivity contribution in [3.63, 3.8) is 0 Å². The lowest BCUT2D eigenvalue weighted by atomic mass is 9.84. The van der Waals surface area contributed by atoms with E-state index in [4.69, 9.17) is 9.26 Å². The second kappa shape index (κ2) is 11.5. The van der Waals surface area contributed by atoms with Crippen LogP contribution in [0.25, 0.3) is 11.4 Å². The van der Waals surface area contributed by atoms with Crippen LogP contribution in [0.3, 0.4) is 0 Å². The van der Waals surface area contributed by atoms with Crippen molar-refractivity contribution in [2.24, 2.45) is 5.92 Å².